The molecule has 5 heteroatoms. The highest BCUT2D eigenvalue weighted by Gasteiger charge is 2.03. The van der Waals surface area contributed by atoms with Gasteiger partial charge in [0.15, 0.2) is 0 Å². The maximum Gasteiger partial charge on any atom is 0.108 e. The largest absolute Gasteiger partial charge is 0.306 e. The second kappa shape index (κ2) is 5.36. The van der Waals surface area contributed by atoms with Crippen LogP contribution >= 0.6 is 34.3 Å². The Labute approximate surface area is 118 Å². The average molecular weight is 295 g/mol. The van der Waals surface area contributed by atoms with Crippen LogP contribution in [0.25, 0.3) is 10.2 Å². The Morgan fingerprint density at radius 3 is 2.72 bits per heavy atom. The molecule has 0 amide bonds. The second-order valence-electron chi connectivity index (χ2n) is 3.88. The molecule has 1 aromatic carbocycles. The fourth-order valence-corrected chi connectivity index (χ4v) is 3.73. The molecule has 3 rings (SSSR count). The summed E-state index contributed by atoms with van der Waals surface area (Å²) in [4.78, 5) is 5.83. The number of thiophene rings is 1. The normalized spacial score (nSPS) is 11.2. The molecule has 0 aliphatic carbocycles. The summed E-state index contributed by atoms with van der Waals surface area (Å²) in [7, 11) is 0. The van der Waals surface area contributed by atoms with E-state index in [0.717, 1.165) is 28.0 Å². The third kappa shape index (κ3) is 2.72. The highest BCUT2D eigenvalue weighted by Crippen LogP contribution is 2.23. The molecule has 2 heterocycles. The van der Waals surface area contributed by atoms with Crippen LogP contribution in [0, 0.1) is 0 Å². The van der Waals surface area contributed by atoms with Gasteiger partial charge in [0.05, 0.1) is 14.6 Å². The number of benzene rings is 1. The molecule has 1 N–H and O–H groups in total. The van der Waals surface area contributed by atoms with Crippen molar-refractivity contribution in [2.24, 2.45) is 0 Å². The third-order valence-electron chi connectivity index (χ3n) is 2.54. The zero-order valence-electron chi connectivity index (χ0n) is 9.52. The first-order valence-electron chi connectivity index (χ1n) is 5.60. The van der Waals surface area contributed by atoms with Crippen molar-refractivity contribution < 1.29 is 0 Å². The van der Waals surface area contributed by atoms with Gasteiger partial charge in [-0.25, -0.2) is 4.98 Å². The maximum atomic E-state index is 5.89. The number of para-hydroxylation sites is 1. The van der Waals surface area contributed by atoms with Crippen molar-refractivity contribution >= 4 is 44.5 Å². The standard InChI is InChI=1S/C13H11ClN2S2/c14-12-6-5-9(17-12)7-15-8-13-16-10-3-1-2-4-11(10)18-13/h1-6,15H,7-8H2. The van der Waals surface area contributed by atoms with Crippen LogP contribution in [0.2, 0.25) is 4.34 Å². The van der Waals surface area contributed by atoms with E-state index in [1.165, 1.54) is 9.58 Å². The van der Waals surface area contributed by atoms with E-state index in [-0.39, 0.29) is 0 Å². The average Bonchev–Trinajstić information content (AvgIpc) is 2.95. The van der Waals surface area contributed by atoms with Gasteiger partial charge in [-0.1, -0.05) is 23.7 Å². The van der Waals surface area contributed by atoms with Gasteiger partial charge in [-0.3, -0.25) is 0 Å². The number of aromatic nitrogens is 1. The summed E-state index contributed by atoms with van der Waals surface area (Å²) in [6.07, 6.45) is 0. The molecular weight excluding hydrogens is 284 g/mol. The predicted octanol–water partition coefficient (Wildman–Crippen LogP) is 4.30. The predicted molar refractivity (Wildman–Crippen MR) is 79.5 cm³/mol. The van der Waals surface area contributed by atoms with Gasteiger partial charge in [0, 0.05) is 18.0 Å². The number of fused-ring (bicyclic) bond motifs is 1. The van der Waals surface area contributed by atoms with Gasteiger partial charge in [0.1, 0.15) is 5.01 Å². The molecule has 0 saturated heterocycles. The van der Waals surface area contributed by atoms with Crippen LogP contribution in [-0.4, -0.2) is 4.98 Å². The van der Waals surface area contributed by atoms with Crippen LogP contribution in [0.1, 0.15) is 9.88 Å². The molecule has 18 heavy (non-hydrogen) atoms. The van der Waals surface area contributed by atoms with Gasteiger partial charge in [-0.2, -0.15) is 0 Å². The smallest absolute Gasteiger partial charge is 0.108 e. The number of hydrogen-bond donors (Lipinski definition) is 1. The number of nitrogens with one attached hydrogen (secondary N) is 1. The van der Waals surface area contributed by atoms with E-state index in [1.807, 2.05) is 24.3 Å². The molecule has 92 valence electrons. The molecule has 2 nitrogen and oxygen atoms in total. The summed E-state index contributed by atoms with van der Waals surface area (Å²) in [5, 5.41) is 4.52. The summed E-state index contributed by atoms with van der Waals surface area (Å²) < 4.78 is 2.08. The van der Waals surface area contributed by atoms with Gasteiger partial charge >= 0.3 is 0 Å². The summed E-state index contributed by atoms with van der Waals surface area (Å²) in [5.74, 6) is 0. The number of nitrogens with zero attached hydrogens (tertiary/aromatic N) is 1. The summed E-state index contributed by atoms with van der Waals surface area (Å²) in [6.45, 7) is 1.64. The maximum absolute atomic E-state index is 5.89. The van der Waals surface area contributed by atoms with Crippen LogP contribution in [0.3, 0.4) is 0 Å². The lowest BCUT2D eigenvalue weighted by Gasteiger charge is -1.98. The lowest BCUT2D eigenvalue weighted by Crippen LogP contribution is -2.11. The first-order valence-corrected chi connectivity index (χ1v) is 7.62. The van der Waals surface area contributed by atoms with Gasteiger partial charge < -0.3 is 5.32 Å². The van der Waals surface area contributed by atoms with Crippen molar-refractivity contribution in [3.63, 3.8) is 0 Å². The van der Waals surface area contributed by atoms with Crippen molar-refractivity contribution in [2.45, 2.75) is 13.1 Å². The molecular formula is C13H11ClN2S2. The molecule has 0 unspecified atom stereocenters. The van der Waals surface area contributed by atoms with Crippen molar-refractivity contribution in [1.29, 1.82) is 0 Å². The van der Waals surface area contributed by atoms with E-state index in [0.29, 0.717) is 0 Å². The van der Waals surface area contributed by atoms with Gasteiger partial charge in [0.2, 0.25) is 0 Å². The topological polar surface area (TPSA) is 24.9 Å². The Morgan fingerprint density at radius 2 is 1.94 bits per heavy atom. The highest BCUT2D eigenvalue weighted by molar-refractivity contribution is 7.18. The van der Waals surface area contributed by atoms with Crippen LogP contribution in [0.15, 0.2) is 36.4 Å². The fraction of sp³-hybridized carbons (Fsp3) is 0.154. The molecule has 0 atom stereocenters. The Bertz CT molecular complexity index is 627. The molecule has 0 bridgehead atoms. The van der Waals surface area contributed by atoms with Crippen LogP contribution in [0.4, 0.5) is 0 Å². The zero-order chi connectivity index (χ0) is 12.4. The number of hydrogen-bond acceptors (Lipinski definition) is 4. The minimum atomic E-state index is 0.800. The van der Waals surface area contributed by atoms with Gasteiger partial charge in [0.25, 0.3) is 0 Å². The second-order valence-corrected chi connectivity index (χ2v) is 6.80. The van der Waals surface area contributed by atoms with E-state index in [2.05, 4.69) is 22.4 Å². The van der Waals surface area contributed by atoms with Gasteiger partial charge in [-0.15, -0.1) is 22.7 Å². The molecule has 0 fully saturated rings. The van der Waals surface area contributed by atoms with Crippen molar-refractivity contribution in [1.82, 2.24) is 10.3 Å². The van der Waals surface area contributed by atoms with Crippen LogP contribution in [-0.2, 0) is 13.1 Å². The van der Waals surface area contributed by atoms with Crippen molar-refractivity contribution in [3.8, 4) is 0 Å². The van der Waals surface area contributed by atoms with Crippen LogP contribution in [0.5, 0.6) is 0 Å². The number of halogens is 1. The lowest BCUT2D eigenvalue weighted by molar-refractivity contribution is 0.698. The minimum absolute atomic E-state index is 0.800. The zero-order valence-corrected chi connectivity index (χ0v) is 11.9. The quantitative estimate of drug-likeness (QED) is 0.776. The van der Waals surface area contributed by atoms with E-state index >= 15 is 0 Å². The minimum Gasteiger partial charge on any atom is -0.306 e. The van der Waals surface area contributed by atoms with Crippen LogP contribution < -0.4 is 5.32 Å². The number of rotatable bonds is 4. The highest BCUT2D eigenvalue weighted by atomic mass is 35.5. The summed E-state index contributed by atoms with van der Waals surface area (Å²) in [5.41, 5.74) is 1.08. The van der Waals surface area contributed by atoms with E-state index < -0.39 is 0 Å². The fourth-order valence-electron chi connectivity index (χ4n) is 1.73. The van der Waals surface area contributed by atoms with Gasteiger partial charge in [-0.05, 0) is 24.3 Å². The molecule has 0 aliphatic heterocycles. The Balaban J connectivity index is 1.62. The summed E-state index contributed by atoms with van der Waals surface area (Å²) >= 11 is 9.25. The van der Waals surface area contributed by atoms with E-state index in [9.17, 15) is 0 Å². The SMILES string of the molecule is Clc1ccc(CNCc2nc3ccccc3s2)s1. The molecule has 3 aromatic rings. The first kappa shape index (κ1) is 12.1. The molecule has 2 aromatic heterocycles. The Hall–Kier alpha value is -0.940. The van der Waals surface area contributed by atoms with E-state index in [1.54, 1.807) is 22.7 Å². The lowest BCUT2D eigenvalue weighted by atomic mass is 10.3. The van der Waals surface area contributed by atoms with Crippen molar-refractivity contribution in [3.05, 3.63) is 50.6 Å². The third-order valence-corrected chi connectivity index (χ3v) is 4.81. The molecule has 0 aliphatic rings. The molecule has 0 saturated carbocycles. The number of thiazole rings is 1. The Morgan fingerprint density at radius 1 is 1.06 bits per heavy atom. The first-order chi connectivity index (χ1) is 8.81. The monoisotopic (exact) mass is 294 g/mol. The Kier molecular flexibility index (Phi) is 3.61. The van der Waals surface area contributed by atoms with Crippen molar-refractivity contribution in [2.75, 3.05) is 0 Å². The molecule has 0 radical (unpaired) electrons. The summed E-state index contributed by atoms with van der Waals surface area (Å²) in [6, 6.07) is 12.2. The van der Waals surface area contributed by atoms with E-state index in [4.69, 9.17) is 11.6 Å². The molecule has 0 spiro atoms.